The molecule has 2 atom stereocenters. The van der Waals surface area contributed by atoms with Gasteiger partial charge in [0.05, 0.1) is 0 Å². The predicted molar refractivity (Wildman–Crippen MR) is 109 cm³/mol. The number of aliphatic hydroxyl groups is 1. The lowest BCUT2D eigenvalue weighted by Crippen LogP contribution is -2.47. The Bertz CT molecular complexity index is 563. The van der Waals surface area contributed by atoms with Gasteiger partial charge in [-0.25, -0.2) is 0 Å². The average Bonchev–Trinajstić information content (AvgIpc) is 3.38. The van der Waals surface area contributed by atoms with Crippen LogP contribution in [0, 0.1) is 11.8 Å². The Morgan fingerprint density at radius 3 is 2.46 bits per heavy atom. The van der Waals surface area contributed by atoms with Crippen LogP contribution in [0.2, 0.25) is 0 Å². The van der Waals surface area contributed by atoms with Crippen LogP contribution in [0.25, 0.3) is 0 Å². The Morgan fingerprint density at radius 1 is 1.00 bits per heavy atom. The molecule has 1 saturated carbocycles. The van der Waals surface area contributed by atoms with Gasteiger partial charge in [0.15, 0.2) is 0 Å². The van der Waals surface area contributed by atoms with Crippen molar-refractivity contribution in [2.75, 3.05) is 59.5 Å². The van der Waals surface area contributed by atoms with Gasteiger partial charge in [-0.2, -0.15) is 0 Å². The smallest absolute Gasteiger partial charge is 0.0475 e. The molecule has 3 fully saturated rings. The Labute approximate surface area is 162 Å². The molecule has 1 aromatic rings. The monoisotopic (exact) mass is 377 g/mol. The van der Waals surface area contributed by atoms with Gasteiger partial charge >= 0.3 is 0 Å². The van der Waals surface area contributed by atoms with Crippen molar-refractivity contribution in [2.24, 2.45) is 11.8 Å². The van der Waals surface area contributed by atoms with Crippen LogP contribution < -0.4 is 0 Å². The van der Waals surface area contributed by atoms with Crippen LogP contribution in [0.4, 0.5) is 0 Å². The zero-order chi connectivity index (χ0) is 17.9. The van der Waals surface area contributed by atoms with E-state index in [1.807, 2.05) is 11.3 Å². The van der Waals surface area contributed by atoms with Crippen molar-refractivity contribution in [3.05, 3.63) is 21.9 Å². The molecule has 5 heteroatoms. The summed E-state index contributed by atoms with van der Waals surface area (Å²) in [5.74, 6) is 1.91. The van der Waals surface area contributed by atoms with Crippen LogP contribution in [-0.2, 0) is 6.54 Å². The van der Waals surface area contributed by atoms with E-state index in [9.17, 15) is 5.11 Å². The van der Waals surface area contributed by atoms with Crippen molar-refractivity contribution >= 4 is 11.3 Å². The maximum absolute atomic E-state index is 9.89. The summed E-state index contributed by atoms with van der Waals surface area (Å²) in [7, 11) is 2.21. The van der Waals surface area contributed by atoms with Crippen LogP contribution in [0.15, 0.2) is 12.1 Å². The van der Waals surface area contributed by atoms with Gasteiger partial charge in [0.1, 0.15) is 0 Å². The number of likely N-dealkylation sites (N-methyl/N-ethyl adjacent to an activating group) is 1. The first kappa shape index (κ1) is 18.9. The van der Waals surface area contributed by atoms with Crippen molar-refractivity contribution in [1.82, 2.24) is 14.7 Å². The second-order valence-electron chi connectivity index (χ2n) is 8.79. The lowest BCUT2D eigenvalue weighted by molar-refractivity contribution is 0.116. The quantitative estimate of drug-likeness (QED) is 0.826. The van der Waals surface area contributed by atoms with Gasteiger partial charge in [-0.15, -0.1) is 11.3 Å². The van der Waals surface area contributed by atoms with Crippen LogP contribution in [0.5, 0.6) is 0 Å². The van der Waals surface area contributed by atoms with Crippen molar-refractivity contribution in [2.45, 2.75) is 38.1 Å². The number of hydrogen-bond donors (Lipinski definition) is 1. The predicted octanol–water partition coefficient (Wildman–Crippen LogP) is 2.69. The standard InChI is InChI=1S/C21H35N3OS/c1-22-8-10-23(11-9-22)12-18-13-24(14-19(18)16-25)15-20-6-7-21(26-20)17-4-2-3-5-17/h6-7,17-19,25H,2-5,8-16H2,1H3/t18-,19-/m1/s1. The highest BCUT2D eigenvalue weighted by Crippen LogP contribution is 2.38. The summed E-state index contributed by atoms with van der Waals surface area (Å²) in [6, 6.07) is 4.75. The summed E-state index contributed by atoms with van der Waals surface area (Å²) < 4.78 is 0. The van der Waals surface area contributed by atoms with Crippen LogP contribution >= 0.6 is 11.3 Å². The van der Waals surface area contributed by atoms with E-state index in [-0.39, 0.29) is 0 Å². The second kappa shape index (κ2) is 8.70. The molecule has 26 heavy (non-hydrogen) atoms. The number of thiophene rings is 1. The van der Waals surface area contributed by atoms with Crippen molar-refractivity contribution in [1.29, 1.82) is 0 Å². The summed E-state index contributed by atoms with van der Waals surface area (Å²) in [5.41, 5.74) is 0. The fraction of sp³-hybridized carbons (Fsp3) is 0.810. The molecule has 0 unspecified atom stereocenters. The molecule has 3 aliphatic rings. The fourth-order valence-electron chi connectivity index (χ4n) is 5.07. The first-order valence-electron chi connectivity index (χ1n) is 10.5. The number of rotatable bonds is 6. The number of aliphatic hydroxyl groups excluding tert-OH is 1. The Morgan fingerprint density at radius 2 is 1.73 bits per heavy atom. The molecule has 4 nitrogen and oxygen atoms in total. The van der Waals surface area contributed by atoms with Crippen LogP contribution in [0.1, 0.15) is 41.4 Å². The molecule has 0 spiro atoms. The van der Waals surface area contributed by atoms with Crippen LogP contribution in [0.3, 0.4) is 0 Å². The van der Waals surface area contributed by atoms with Gasteiger partial charge in [0.2, 0.25) is 0 Å². The highest BCUT2D eigenvalue weighted by Gasteiger charge is 2.34. The number of piperazine rings is 1. The Kier molecular flexibility index (Phi) is 6.32. The van der Waals surface area contributed by atoms with Gasteiger partial charge < -0.3 is 14.9 Å². The first-order valence-corrected chi connectivity index (χ1v) is 11.4. The van der Waals surface area contributed by atoms with Gasteiger partial charge in [0, 0.05) is 68.7 Å². The molecule has 146 valence electrons. The summed E-state index contributed by atoms with van der Waals surface area (Å²) in [5, 5.41) is 9.89. The van der Waals surface area contributed by atoms with Crippen molar-refractivity contribution in [3.63, 3.8) is 0 Å². The van der Waals surface area contributed by atoms with Gasteiger partial charge in [-0.1, -0.05) is 12.8 Å². The Hall–Kier alpha value is -0.460. The molecule has 1 aliphatic carbocycles. The lowest BCUT2D eigenvalue weighted by Gasteiger charge is -2.34. The number of nitrogens with zero attached hydrogens (tertiary/aromatic N) is 3. The minimum absolute atomic E-state index is 0.340. The van der Waals surface area contributed by atoms with E-state index >= 15 is 0 Å². The largest absolute Gasteiger partial charge is 0.396 e. The average molecular weight is 378 g/mol. The van der Waals surface area contributed by atoms with E-state index in [2.05, 4.69) is 33.9 Å². The third kappa shape index (κ3) is 4.50. The maximum Gasteiger partial charge on any atom is 0.0475 e. The third-order valence-corrected chi connectivity index (χ3v) is 8.03. The van der Waals surface area contributed by atoms with Gasteiger partial charge in [-0.05, 0) is 49.8 Å². The van der Waals surface area contributed by atoms with Crippen molar-refractivity contribution < 1.29 is 5.11 Å². The second-order valence-corrected chi connectivity index (χ2v) is 9.99. The molecule has 0 radical (unpaired) electrons. The minimum Gasteiger partial charge on any atom is -0.396 e. The zero-order valence-electron chi connectivity index (χ0n) is 16.3. The molecular weight excluding hydrogens is 342 g/mol. The summed E-state index contributed by atoms with van der Waals surface area (Å²) >= 11 is 2.04. The molecule has 3 heterocycles. The summed E-state index contributed by atoms with van der Waals surface area (Å²) in [6.07, 6.45) is 5.61. The molecule has 4 rings (SSSR count). The van der Waals surface area contributed by atoms with Crippen molar-refractivity contribution in [3.8, 4) is 0 Å². The van der Waals surface area contributed by atoms with Crippen LogP contribution in [-0.4, -0.2) is 79.3 Å². The van der Waals surface area contributed by atoms with E-state index in [0.29, 0.717) is 18.4 Å². The highest BCUT2D eigenvalue weighted by molar-refractivity contribution is 7.12. The van der Waals surface area contributed by atoms with E-state index in [0.717, 1.165) is 32.1 Å². The number of likely N-dealkylation sites (tertiary alicyclic amines) is 1. The summed E-state index contributed by atoms with van der Waals surface area (Å²) in [4.78, 5) is 10.7. The molecular formula is C21H35N3OS. The van der Waals surface area contributed by atoms with E-state index in [1.54, 1.807) is 4.88 Å². The molecule has 1 aromatic heterocycles. The normalized spacial score (nSPS) is 29.8. The fourth-order valence-corrected chi connectivity index (χ4v) is 6.29. The molecule has 1 N–H and O–H groups in total. The SMILES string of the molecule is CN1CCN(C[C@@H]2CN(Cc3ccc(C4CCCC4)s3)C[C@@H]2CO)CC1. The van der Waals surface area contributed by atoms with E-state index in [4.69, 9.17) is 0 Å². The molecule has 2 aliphatic heterocycles. The van der Waals surface area contributed by atoms with Gasteiger partial charge in [-0.3, -0.25) is 4.90 Å². The molecule has 0 bridgehead atoms. The lowest BCUT2D eigenvalue weighted by atomic mass is 9.96. The van der Waals surface area contributed by atoms with E-state index < -0.39 is 0 Å². The topological polar surface area (TPSA) is 30.0 Å². The first-order chi connectivity index (χ1) is 12.7. The maximum atomic E-state index is 9.89. The molecule has 2 saturated heterocycles. The van der Waals surface area contributed by atoms with E-state index in [1.165, 1.54) is 56.7 Å². The number of hydrogen-bond acceptors (Lipinski definition) is 5. The molecule has 0 amide bonds. The highest BCUT2D eigenvalue weighted by atomic mass is 32.1. The third-order valence-electron chi connectivity index (χ3n) is 6.79. The molecule has 0 aromatic carbocycles. The minimum atomic E-state index is 0.340. The summed E-state index contributed by atoms with van der Waals surface area (Å²) in [6.45, 7) is 9.51. The van der Waals surface area contributed by atoms with Gasteiger partial charge in [0.25, 0.3) is 0 Å². The zero-order valence-corrected chi connectivity index (χ0v) is 17.1. The Balaban J connectivity index is 1.30.